The summed E-state index contributed by atoms with van der Waals surface area (Å²) in [4.78, 5) is 20.7. The van der Waals surface area contributed by atoms with Gasteiger partial charge in [-0.05, 0) is 55.7 Å². The van der Waals surface area contributed by atoms with E-state index < -0.39 is 5.41 Å². The molecule has 1 saturated carbocycles. The van der Waals surface area contributed by atoms with Gasteiger partial charge in [-0.25, -0.2) is 25.4 Å². The Morgan fingerprint density at radius 2 is 2.03 bits per heavy atom. The first kappa shape index (κ1) is 26.0. The second-order valence-corrected chi connectivity index (χ2v) is 11.0. The lowest BCUT2D eigenvalue weighted by Gasteiger charge is -2.40. The third-order valence-electron chi connectivity index (χ3n) is 8.24. The summed E-state index contributed by atoms with van der Waals surface area (Å²) in [6, 6.07) is 5.83. The van der Waals surface area contributed by atoms with Gasteiger partial charge >= 0.3 is 0 Å². The molecule has 1 aliphatic heterocycles. The molecule has 4 aromatic rings. The maximum absolute atomic E-state index is 10.6. The number of hydroxylamine groups is 1. The zero-order valence-corrected chi connectivity index (χ0v) is 21.9. The van der Waals surface area contributed by atoms with Crippen molar-refractivity contribution in [1.29, 1.82) is 0 Å². The summed E-state index contributed by atoms with van der Waals surface area (Å²) in [5.41, 5.74) is 12.1. The van der Waals surface area contributed by atoms with Crippen LogP contribution >= 0.6 is 0 Å². The fourth-order valence-corrected chi connectivity index (χ4v) is 5.52. The van der Waals surface area contributed by atoms with E-state index in [9.17, 15) is 15.4 Å². The molecule has 2 unspecified atom stereocenters. The fraction of sp³-hybridized carbons (Fsp3) is 0.538. The van der Waals surface area contributed by atoms with Crippen molar-refractivity contribution in [3.05, 3.63) is 42.2 Å². The number of H-pyrrole nitrogens is 1. The van der Waals surface area contributed by atoms with E-state index in [2.05, 4.69) is 25.4 Å². The lowest BCUT2D eigenvalue weighted by Crippen LogP contribution is -2.53. The molecule has 2 fully saturated rings. The number of nitrogens with zero attached hydrogens (tertiary/aromatic N) is 6. The topological polar surface area (TPSA) is 183 Å². The molecule has 39 heavy (non-hydrogen) atoms. The number of aliphatic hydroxyl groups is 2. The lowest BCUT2D eigenvalue weighted by atomic mass is 9.77. The Morgan fingerprint density at radius 1 is 1.21 bits per heavy atom. The van der Waals surface area contributed by atoms with Crippen LogP contribution in [0.25, 0.3) is 22.2 Å². The molecule has 1 saturated heterocycles. The third-order valence-corrected chi connectivity index (χ3v) is 8.24. The Kier molecular flexibility index (Phi) is 6.95. The highest BCUT2D eigenvalue weighted by Gasteiger charge is 2.36. The van der Waals surface area contributed by atoms with Crippen LogP contribution in [0.3, 0.4) is 0 Å². The number of rotatable bonds is 10. The Labute approximate surface area is 225 Å². The molecule has 1 aliphatic carbocycles. The fourth-order valence-electron chi connectivity index (χ4n) is 5.52. The molecule has 0 amide bonds. The van der Waals surface area contributed by atoms with E-state index in [4.69, 9.17) is 15.5 Å². The van der Waals surface area contributed by atoms with Crippen molar-refractivity contribution >= 4 is 28.0 Å². The minimum Gasteiger partial charge on any atom is -0.395 e. The maximum atomic E-state index is 10.6. The Morgan fingerprint density at radius 3 is 2.82 bits per heavy atom. The van der Waals surface area contributed by atoms with Gasteiger partial charge in [-0.15, -0.1) is 5.17 Å². The monoisotopic (exact) mass is 537 g/mol. The van der Waals surface area contributed by atoms with Crippen molar-refractivity contribution in [2.75, 3.05) is 18.9 Å². The summed E-state index contributed by atoms with van der Waals surface area (Å²) < 4.78 is 7.97. The third kappa shape index (κ3) is 4.97. The number of aryl methyl sites for hydroxylation is 1. The molecular formula is C26H35N9O4. The number of nitrogen functional groups attached to an aromatic ring is 1. The van der Waals surface area contributed by atoms with Crippen LogP contribution in [0.1, 0.15) is 56.6 Å². The number of nitrogens with two attached hydrogens (primary N) is 1. The number of ether oxygens (including phenoxy) is 1. The number of hydrazine groups is 1. The highest BCUT2D eigenvalue weighted by Crippen LogP contribution is 2.35. The summed E-state index contributed by atoms with van der Waals surface area (Å²) in [5, 5.41) is 31.2. The van der Waals surface area contributed by atoms with Crippen LogP contribution in [0.4, 0.5) is 5.82 Å². The molecular weight excluding hydrogens is 502 g/mol. The van der Waals surface area contributed by atoms with Gasteiger partial charge in [-0.3, -0.25) is 9.77 Å². The number of aromatic amines is 1. The van der Waals surface area contributed by atoms with Crippen molar-refractivity contribution in [2.24, 2.45) is 5.92 Å². The minimum atomic E-state index is -0.688. The number of anilines is 1. The largest absolute Gasteiger partial charge is 0.395 e. The molecule has 2 atom stereocenters. The average molecular weight is 538 g/mol. The smallest absolute Gasteiger partial charge is 0.167 e. The predicted octanol–water partition coefficient (Wildman–Crippen LogP) is 1.77. The van der Waals surface area contributed by atoms with Gasteiger partial charge in [-0.2, -0.15) is 0 Å². The van der Waals surface area contributed by atoms with E-state index in [1.807, 2.05) is 29.7 Å². The van der Waals surface area contributed by atoms with Crippen molar-refractivity contribution in [1.82, 2.24) is 40.1 Å². The first-order valence-electron chi connectivity index (χ1n) is 13.4. The Hall–Kier alpha value is -3.20. The van der Waals surface area contributed by atoms with Crippen molar-refractivity contribution < 1.29 is 20.2 Å². The predicted molar refractivity (Wildman–Crippen MR) is 142 cm³/mol. The normalized spacial score (nSPS) is 23.7. The van der Waals surface area contributed by atoms with Gasteiger partial charge in [-0.1, -0.05) is 13.0 Å². The van der Waals surface area contributed by atoms with E-state index in [0.29, 0.717) is 22.9 Å². The van der Waals surface area contributed by atoms with Gasteiger partial charge < -0.3 is 25.7 Å². The second-order valence-electron chi connectivity index (χ2n) is 11.0. The van der Waals surface area contributed by atoms with E-state index in [-0.39, 0.29) is 31.7 Å². The second kappa shape index (κ2) is 10.4. The molecule has 7 N–H and O–H groups in total. The number of fused-ring (bicyclic) bond motifs is 2. The summed E-state index contributed by atoms with van der Waals surface area (Å²) in [5.74, 6) is 1.76. The van der Waals surface area contributed by atoms with E-state index in [1.165, 1.54) is 11.5 Å². The van der Waals surface area contributed by atoms with Crippen LogP contribution in [0.15, 0.2) is 30.9 Å². The average Bonchev–Trinajstić information content (AvgIpc) is 3.65. The molecule has 6 rings (SSSR count). The molecule has 13 heteroatoms. The zero-order chi connectivity index (χ0) is 27.1. The number of benzene rings is 1. The van der Waals surface area contributed by atoms with Crippen LogP contribution in [0.5, 0.6) is 0 Å². The van der Waals surface area contributed by atoms with Gasteiger partial charge in [0.1, 0.15) is 30.1 Å². The quantitative estimate of drug-likeness (QED) is 0.162. The Bertz CT molecular complexity index is 1450. The number of hydrogen-bond donors (Lipinski definition) is 6. The molecule has 3 aromatic heterocycles. The van der Waals surface area contributed by atoms with Crippen LogP contribution in [0, 0.1) is 5.92 Å². The molecule has 1 aromatic carbocycles. The number of hydrogen-bond acceptors (Lipinski definition) is 11. The van der Waals surface area contributed by atoms with Crippen LogP contribution in [-0.4, -0.2) is 75.6 Å². The van der Waals surface area contributed by atoms with E-state index >= 15 is 0 Å². The van der Waals surface area contributed by atoms with Crippen LogP contribution in [0.2, 0.25) is 0 Å². The Balaban J connectivity index is 0.973. The van der Waals surface area contributed by atoms with Crippen molar-refractivity contribution in [2.45, 2.75) is 69.4 Å². The van der Waals surface area contributed by atoms with Gasteiger partial charge in [0.25, 0.3) is 0 Å². The zero-order valence-electron chi connectivity index (χ0n) is 21.9. The maximum Gasteiger partial charge on any atom is 0.167 e. The number of nitrogens with one attached hydrogen (secondary N) is 2. The van der Waals surface area contributed by atoms with Gasteiger partial charge in [0, 0.05) is 11.8 Å². The summed E-state index contributed by atoms with van der Waals surface area (Å²) in [7, 11) is 0. The van der Waals surface area contributed by atoms with Gasteiger partial charge in [0.2, 0.25) is 0 Å². The molecule has 0 bridgehead atoms. The number of aliphatic hydroxyl groups excluding tert-OH is 2. The standard InChI is InChI=1S/C26H35N9O4/c1-26(11-36,12-37)16-3-4-18-19(10-16)32-20(31-18)5-2-15-8-17(9-15)35(38)33-21-6-7-22(39-21)34-14-30-23-24(27)28-13-29-25(23)34/h3-4,10,13-15,17,21-22,33,36-38H,2,5-9,11-12H2,1H3,(H,31,32)(H2,27,28,29). The molecule has 13 nitrogen and oxygen atoms in total. The van der Waals surface area contributed by atoms with E-state index in [0.717, 1.165) is 60.9 Å². The molecule has 4 heterocycles. The summed E-state index contributed by atoms with van der Waals surface area (Å²) >= 11 is 0. The molecule has 2 aliphatic rings. The van der Waals surface area contributed by atoms with Crippen molar-refractivity contribution in [3.8, 4) is 0 Å². The lowest BCUT2D eigenvalue weighted by molar-refractivity contribution is -0.228. The van der Waals surface area contributed by atoms with Crippen molar-refractivity contribution in [3.63, 3.8) is 0 Å². The molecule has 208 valence electrons. The number of imidazole rings is 2. The SMILES string of the molecule is CC(CO)(CO)c1ccc2nc(CCC3CC(N(O)NC4CCC(n5cnc6c(N)ncnc65)O4)C3)[nH]c2c1. The number of aromatic nitrogens is 6. The van der Waals surface area contributed by atoms with E-state index in [1.54, 1.807) is 6.33 Å². The van der Waals surface area contributed by atoms with Gasteiger partial charge in [0.15, 0.2) is 11.5 Å². The van der Waals surface area contributed by atoms with Gasteiger partial charge in [0.05, 0.1) is 36.6 Å². The first-order valence-corrected chi connectivity index (χ1v) is 13.4. The first-order chi connectivity index (χ1) is 18.9. The van der Waals surface area contributed by atoms with Crippen LogP contribution < -0.4 is 11.2 Å². The summed E-state index contributed by atoms with van der Waals surface area (Å²) in [6.45, 7) is 1.58. The highest BCUT2D eigenvalue weighted by atomic mass is 16.6. The molecule has 0 spiro atoms. The highest BCUT2D eigenvalue weighted by molar-refractivity contribution is 5.81. The summed E-state index contributed by atoms with van der Waals surface area (Å²) in [6.07, 6.45) is 7.59. The van der Waals surface area contributed by atoms with Crippen LogP contribution in [-0.2, 0) is 16.6 Å². The minimum absolute atomic E-state index is 0.0344. The molecule has 0 radical (unpaired) electrons.